The normalized spacial score (nSPS) is 14.7. The third-order valence-electron chi connectivity index (χ3n) is 2.26. The molecule has 0 spiro atoms. The van der Waals surface area contributed by atoms with Gasteiger partial charge < -0.3 is 5.32 Å². The Kier molecular flexibility index (Phi) is 3.47. The molecule has 1 aromatic carbocycles. The summed E-state index contributed by atoms with van der Waals surface area (Å²) in [4.78, 5) is 33.0. The molecule has 3 amide bonds. The van der Waals surface area contributed by atoms with Crippen molar-refractivity contribution in [3.05, 3.63) is 34.4 Å². The van der Waals surface area contributed by atoms with Gasteiger partial charge in [0.2, 0.25) is 5.91 Å². The molecule has 1 heterocycles. The molecule has 1 fully saturated rings. The number of rotatable bonds is 2. The van der Waals surface area contributed by atoms with Crippen LogP contribution in [0.25, 0.3) is 0 Å². The number of urea groups is 1. The Balaban J connectivity index is 2.09. The highest BCUT2D eigenvalue weighted by molar-refractivity contribution is 7.98. The van der Waals surface area contributed by atoms with Crippen molar-refractivity contribution in [1.82, 2.24) is 4.31 Å². The van der Waals surface area contributed by atoms with E-state index in [1.807, 2.05) is 0 Å². The number of carbonyl (C=O) groups is 2. The number of nitro groups is 1. The first-order valence-electron chi connectivity index (χ1n) is 5.09. The molecular weight excluding hydrogens is 258 g/mol. The number of carbonyl (C=O) groups excluding carboxylic acids is 2. The van der Waals surface area contributed by atoms with E-state index in [0.29, 0.717) is 12.2 Å². The van der Waals surface area contributed by atoms with Crippen molar-refractivity contribution in [3.63, 3.8) is 0 Å². The number of nitrogens with zero attached hydrogens (tertiary/aromatic N) is 2. The fourth-order valence-electron chi connectivity index (χ4n) is 1.44. The van der Waals surface area contributed by atoms with Gasteiger partial charge in [-0.05, 0) is 18.0 Å². The Bertz CT molecular complexity index is 520. The number of non-ortho nitro benzene ring substituents is 1. The molecule has 8 heteroatoms. The largest absolute Gasteiger partial charge is 0.338 e. The van der Waals surface area contributed by atoms with Crippen molar-refractivity contribution in [2.45, 2.75) is 6.42 Å². The minimum Gasteiger partial charge on any atom is -0.306 e. The maximum atomic E-state index is 11.7. The maximum absolute atomic E-state index is 11.7. The zero-order valence-electron chi connectivity index (χ0n) is 9.16. The van der Waals surface area contributed by atoms with Crippen molar-refractivity contribution in [1.29, 1.82) is 0 Å². The first kappa shape index (κ1) is 12.4. The molecule has 0 unspecified atom stereocenters. The maximum Gasteiger partial charge on any atom is 0.338 e. The number of nitrogens with one attached hydrogen (secondary N) is 1. The molecule has 1 saturated heterocycles. The SMILES string of the molecule is O=C1CCSN1C(=O)Nc1cccc([N+](=O)[O-])c1. The highest BCUT2D eigenvalue weighted by Crippen LogP contribution is 2.23. The summed E-state index contributed by atoms with van der Waals surface area (Å²) < 4.78 is 1.03. The van der Waals surface area contributed by atoms with Crippen LogP contribution >= 0.6 is 11.9 Å². The lowest BCUT2D eigenvalue weighted by atomic mass is 10.3. The summed E-state index contributed by atoms with van der Waals surface area (Å²) in [6.07, 6.45) is 0.326. The van der Waals surface area contributed by atoms with Crippen LogP contribution in [-0.2, 0) is 4.79 Å². The second kappa shape index (κ2) is 5.05. The Morgan fingerprint density at radius 1 is 1.50 bits per heavy atom. The van der Waals surface area contributed by atoms with E-state index >= 15 is 0 Å². The molecule has 0 aromatic heterocycles. The molecule has 1 aliphatic rings. The van der Waals surface area contributed by atoms with E-state index < -0.39 is 11.0 Å². The molecule has 7 nitrogen and oxygen atoms in total. The van der Waals surface area contributed by atoms with Crippen LogP contribution in [0.15, 0.2) is 24.3 Å². The lowest BCUT2D eigenvalue weighted by molar-refractivity contribution is -0.384. The van der Waals surface area contributed by atoms with E-state index in [2.05, 4.69) is 5.32 Å². The highest BCUT2D eigenvalue weighted by Gasteiger charge is 2.27. The number of benzene rings is 1. The van der Waals surface area contributed by atoms with Gasteiger partial charge in [0.25, 0.3) is 5.69 Å². The van der Waals surface area contributed by atoms with Crippen LogP contribution in [-0.4, -0.2) is 26.9 Å². The lowest BCUT2D eigenvalue weighted by Crippen LogP contribution is -2.30. The minimum atomic E-state index is -0.581. The summed E-state index contributed by atoms with van der Waals surface area (Å²) in [6.45, 7) is 0. The van der Waals surface area contributed by atoms with Gasteiger partial charge in [-0.2, -0.15) is 0 Å². The smallest absolute Gasteiger partial charge is 0.306 e. The number of hydrogen-bond donors (Lipinski definition) is 1. The molecular formula is C10H9N3O4S. The fourth-order valence-corrected chi connectivity index (χ4v) is 2.29. The van der Waals surface area contributed by atoms with Crippen molar-refractivity contribution in [2.75, 3.05) is 11.1 Å². The van der Waals surface area contributed by atoms with Gasteiger partial charge >= 0.3 is 6.03 Å². The van der Waals surface area contributed by atoms with Crippen LogP contribution in [0.5, 0.6) is 0 Å². The van der Waals surface area contributed by atoms with E-state index in [0.717, 1.165) is 16.3 Å². The molecule has 18 heavy (non-hydrogen) atoms. The lowest BCUT2D eigenvalue weighted by Gasteiger charge is -2.12. The van der Waals surface area contributed by atoms with Crippen molar-refractivity contribution in [3.8, 4) is 0 Å². The van der Waals surface area contributed by atoms with Crippen LogP contribution in [0.4, 0.5) is 16.2 Å². The van der Waals surface area contributed by atoms with Crippen LogP contribution < -0.4 is 5.32 Å². The van der Waals surface area contributed by atoms with Gasteiger partial charge in [-0.3, -0.25) is 14.9 Å². The zero-order valence-corrected chi connectivity index (χ0v) is 9.98. The first-order valence-corrected chi connectivity index (χ1v) is 6.03. The van der Waals surface area contributed by atoms with Gasteiger partial charge in [-0.25, -0.2) is 9.10 Å². The highest BCUT2D eigenvalue weighted by atomic mass is 32.2. The Morgan fingerprint density at radius 3 is 2.89 bits per heavy atom. The van der Waals surface area contributed by atoms with Gasteiger partial charge in [-0.1, -0.05) is 6.07 Å². The summed E-state index contributed by atoms with van der Waals surface area (Å²) in [5.74, 6) is 0.309. The fraction of sp³-hybridized carbons (Fsp3) is 0.200. The summed E-state index contributed by atoms with van der Waals surface area (Å²) in [5.41, 5.74) is 0.169. The van der Waals surface area contributed by atoms with E-state index in [1.54, 1.807) is 0 Å². The first-order chi connectivity index (χ1) is 8.58. The number of hydrogen-bond acceptors (Lipinski definition) is 5. The summed E-state index contributed by atoms with van der Waals surface area (Å²) in [6, 6.07) is 4.97. The Labute approximate surface area is 106 Å². The predicted octanol–water partition coefficient (Wildman–Crippen LogP) is 2.01. The van der Waals surface area contributed by atoms with Crippen LogP contribution in [0, 0.1) is 10.1 Å². The van der Waals surface area contributed by atoms with Crippen LogP contribution in [0.2, 0.25) is 0 Å². The van der Waals surface area contributed by atoms with Crippen molar-refractivity contribution >= 4 is 35.3 Å². The van der Waals surface area contributed by atoms with Gasteiger partial charge in [0.1, 0.15) is 0 Å². The van der Waals surface area contributed by atoms with Gasteiger partial charge in [0, 0.05) is 30.0 Å². The molecule has 1 N–H and O–H groups in total. The topological polar surface area (TPSA) is 92.6 Å². The third kappa shape index (κ3) is 2.59. The second-order valence-corrected chi connectivity index (χ2v) is 4.54. The summed E-state index contributed by atoms with van der Waals surface area (Å²) in [7, 11) is 0. The van der Waals surface area contributed by atoms with Gasteiger partial charge in [0.15, 0.2) is 0 Å². The van der Waals surface area contributed by atoms with Crippen molar-refractivity contribution < 1.29 is 14.5 Å². The molecule has 0 radical (unpaired) electrons. The van der Waals surface area contributed by atoms with Gasteiger partial charge in [0.05, 0.1) is 4.92 Å². The predicted molar refractivity (Wildman–Crippen MR) is 66.0 cm³/mol. The molecule has 0 saturated carbocycles. The molecule has 1 aliphatic heterocycles. The Morgan fingerprint density at radius 2 is 2.28 bits per heavy atom. The molecule has 1 aromatic rings. The van der Waals surface area contributed by atoms with E-state index in [4.69, 9.17) is 0 Å². The third-order valence-corrected chi connectivity index (χ3v) is 3.27. The van der Waals surface area contributed by atoms with E-state index in [-0.39, 0.29) is 17.3 Å². The average molecular weight is 267 g/mol. The van der Waals surface area contributed by atoms with Crippen LogP contribution in [0.1, 0.15) is 6.42 Å². The molecule has 0 bridgehead atoms. The second-order valence-electron chi connectivity index (χ2n) is 3.51. The number of amides is 3. The van der Waals surface area contributed by atoms with E-state index in [9.17, 15) is 19.7 Å². The summed E-state index contributed by atoms with van der Waals surface area (Å²) in [5, 5.41) is 13.0. The molecule has 94 valence electrons. The molecule has 0 aliphatic carbocycles. The number of anilines is 1. The number of imide groups is 1. The van der Waals surface area contributed by atoms with Crippen LogP contribution in [0.3, 0.4) is 0 Å². The van der Waals surface area contributed by atoms with E-state index in [1.165, 1.54) is 24.3 Å². The Hall–Kier alpha value is -2.09. The standard InChI is InChI=1S/C10H9N3O4S/c14-9-4-5-18-12(9)10(15)11-7-2-1-3-8(6-7)13(16)17/h1-3,6H,4-5H2,(H,11,15). The zero-order chi connectivity index (χ0) is 13.1. The quantitative estimate of drug-likeness (QED) is 0.502. The number of nitro benzene ring substituents is 1. The van der Waals surface area contributed by atoms with Crippen molar-refractivity contribution in [2.24, 2.45) is 0 Å². The minimum absolute atomic E-state index is 0.117. The van der Waals surface area contributed by atoms with Gasteiger partial charge in [-0.15, -0.1) is 0 Å². The average Bonchev–Trinajstić information content (AvgIpc) is 2.76. The summed E-state index contributed by atoms with van der Waals surface area (Å²) >= 11 is 1.13. The molecule has 0 atom stereocenters. The molecule has 2 rings (SSSR count). The monoisotopic (exact) mass is 267 g/mol.